The molecule has 1 atom stereocenters. The first-order chi connectivity index (χ1) is 14.8. The van der Waals surface area contributed by atoms with Crippen LogP contribution in [0.5, 0.6) is 0 Å². The van der Waals surface area contributed by atoms with Gasteiger partial charge in [0.1, 0.15) is 0 Å². The molecular formula is C23H25N2O4PS. The first-order valence-electron chi connectivity index (χ1n) is 9.88. The molecule has 0 spiro atoms. The van der Waals surface area contributed by atoms with Crippen LogP contribution in [0.15, 0.2) is 60.0 Å². The average molecular weight is 457 g/mol. The number of thiophene rings is 1. The van der Waals surface area contributed by atoms with E-state index in [2.05, 4.69) is 5.32 Å². The number of carbonyl (C=O) groups is 2. The number of Topliss-reactive ketones (excluding diaryl/α,β-unsaturated/α-hetero) is 1. The van der Waals surface area contributed by atoms with Gasteiger partial charge in [-0.3, -0.25) is 14.2 Å². The Kier molecular flexibility index (Phi) is 7.44. The highest BCUT2D eigenvalue weighted by Gasteiger charge is 2.18. The molecule has 3 N–H and O–H groups in total. The molecule has 0 aliphatic rings. The van der Waals surface area contributed by atoms with Crippen molar-refractivity contribution in [3.63, 3.8) is 0 Å². The summed E-state index contributed by atoms with van der Waals surface area (Å²) in [6.45, 7) is 3.66. The molecule has 162 valence electrons. The van der Waals surface area contributed by atoms with Crippen molar-refractivity contribution in [2.75, 3.05) is 30.5 Å². The molecule has 0 radical (unpaired) electrons. The summed E-state index contributed by atoms with van der Waals surface area (Å²) in [7, 11) is -2.75. The van der Waals surface area contributed by atoms with Gasteiger partial charge in [0.05, 0.1) is 18.0 Å². The zero-order chi connectivity index (χ0) is 22.4. The molecule has 0 saturated heterocycles. The third kappa shape index (κ3) is 6.14. The molecule has 0 saturated carbocycles. The lowest BCUT2D eigenvalue weighted by molar-refractivity contribution is 0.0984. The van der Waals surface area contributed by atoms with Crippen LogP contribution in [0.2, 0.25) is 0 Å². The van der Waals surface area contributed by atoms with E-state index < -0.39 is 7.37 Å². The van der Waals surface area contributed by atoms with Crippen LogP contribution < -0.4 is 11.1 Å². The molecule has 6 nitrogen and oxygen atoms in total. The summed E-state index contributed by atoms with van der Waals surface area (Å²) in [5.74, 6) is -0.454. The van der Waals surface area contributed by atoms with Gasteiger partial charge in [-0.15, -0.1) is 11.3 Å². The number of hydrogen-bond donors (Lipinski definition) is 2. The summed E-state index contributed by atoms with van der Waals surface area (Å²) in [5, 5.41) is 4.83. The molecule has 1 heterocycles. The number of nitrogen functional groups attached to an aromatic ring is 1. The molecule has 2 aromatic carbocycles. The van der Waals surface area contributed by atoms with Gasteiger partial charge in [0.15, 0.2) is 5.78 Å². The zero-order valence-electron chi connectivity index (χ0n) is 17.5. The van der Waals surface area contributed by atoms with Crippen molar-refractivity contribution in [3.05, 3.63) is 71.1 Å². The predicted octanol–water partition coefficient (Wildman–Crippen LogP) is 5.77. The maximum Gasteiger partial charge on any atom is 0.255 e. The molecule has 1 unspecified atom stereocenters. The lowest BCUT2D eigenvalue weighted by atomic mass is 10.1. The number of amides is 1. The van der Waals surface area contributed by atoms with Gasteiger partial charge in [0.2, 0.25) is 7.37 Å². The molecule has 1 amide bonds. The van der Waals surface area contributed by atoms with Crippen molar-refractivity contribution in [1.82, 2.24) is 0 Å². The smallest absolute Gasteiger partial charge is 0.255 e. The Labute approximate surface area is 185 Å². The van der Waals surface area contributed by atoms with Gasteiger partial charge in [-0.05, 0) is 48.2 Å². The maximum absolute atomic E-state index is 12.7. The first kappa shape index (κ1) is 22.9. The van der Waals surface area contributed by atoms with Crippen LogP contribution >= 0.6 is 18.7 Å². The molecular weight excluding hydrogens is 431 g/mol. The van der Waals surface area contributed by atoms with E-state index in [-0.39, 0.29) is 24.3 Å². The Morgan fingerprint density at radius 3 is 2.45 bits per heavy atom. The summed E-state index contributed by atoms with van der Waals surface area (Å²) in [6, 6.07) is 15.9. The Morgan fingerprint density at radius 1 is 1.10 bits per heavy atom. The van der Waals surface area contributed by atoms with Gasteiger partial charge in [0, 0.05) is 35.3 Å². The molecule has 0 aliphatic carbocycles. The quantitative estimate of drug-likeness (QED) is 0.242. The topological polar surface area (TPSA) is 98.5 Å². The van der Waals surface area contributed by atoms with Crippen molar-refractivity contribution in [3.8, 4) is 10.4 Å². The minimum atomic E-state index is -2.75. The zero-order valence-corrected chi connectivity index (χ0v) is 19.2. The molecule has 0 fully saturated rings. The van der Waals surface area contributed by atoms with E-state index >= 15 is 0 Å². The number of rotatable bonds is 9. The Bertz CT molecular complexity index is 1110. The number of anilines is 2. The van der Waals surface area contributed by atoms with Gasteiger partial charge in [0.25, 0.3) is 5.91 Å². The van der Waals surface area contributed by atoms with Crippen molar-refractivity contribution < 1.29 is 18.7 Å². The number of benzene rings is 2. The van der Waals surface area contributed by atoms with Crippen LogP contribution in [0, 0.1) is 0 Å². The minimum absolute atomic E-state index is 0.130. The fourth-order valence-corrected chi connectivity index (χ4v) is 5.06. The van der Waals surface area contributed by atoms with E-state index in [1.807, 2.05) is 29.6 Å². The van der Waals surface area contributed by atoms with Gasteiger partial charge in [-0.1, -0.05) is 24.3 Å². The minimum Gasteiger partial charge on any atom is -0.397 e. The number of hydrogen-bond acceptors (Lipinski definition) is 6. The normalized spacial score (nSPS) is 12.8. The lowest BCUT2D eigenvalue weighted by Crippen LogP contribution is -2.13. The SMILES string of the molecule is CCOP(C)(=O)CCC(=O)c1ccc(C(=O)Nc2cc(-c3cccs3)ccc2N)cc1. The Morgan fingerprint density at radius 2 is 1.81 bits per heavy atom. The summed E-state index contributed by atoms with van der Waals surface area (Å²) in [5.41, 5.74) is 8.89. The van der Waals surface area contributed by atoms with Crippen LogP contribution in [0.4, 0.5) is 11.4 Å². The molecule has 3 aromatic rings. The summed E-state index contributed by atoms with van der Waals surface area (Å²) < 4.78 is 17.4. The van der Waals surface area contributed by atoms with Gasteiger partial charge < -0.3 is 15.6 Å². The summed E-state index contributed by atoms with van der Waals surface area (Å²) in [6.07, 6.45) is 0.327. The molecule has 8 heteroatoms. The number of nitrogens with two attached hydrogens (primary N) is 1. The second-order valence-corrected chi connectivity index (χ2v) is 10.8. The maximum atomic E-state index is 12.7. The Hall–Kier alpha value is -2.73. The highest BCUT2D eigenvalue weighted by atomic mass is 32.1. The second-order valence-electron chi connectivity index (χ2n) is 7.14. The van der Waals surface area contributed by atoms with Crippen LogP contribution in [0.1, 0.15) is 34.1 Å². The third-order valence-electron chi connectivity index (χ3n) is 4.72. The summed E-state index contributed by atoms with van der Waals surface area (Å²) in [4.78, 5) is 26.1. The van der Waals surface area contributed by atoms with E-state index in [9.17, 15) is 14.2 Å². The Balaban J connectivity index is 1.66. The van der Waals surface area contributed by atoms with Gasteiger partial charge in [-0.2, -0.15) is 0 Å². The second kappa shape index (κ2) is 10.1. The van der Waals surface area contributed by atoms with Gasteiger partial charge >= 0.3 is 0 Å². The number of nitrogens with one attached hydrogen (secondary N) is 1. The summed E-state index contributed by atoms with van der Waals surface area (Å²) >= 11 is 1.61. The van der Waals surface area contributed by atoms with Gasteiger partial charge in [-0.25, -0.2) is 0 Å². The highest BCUT2D eigenvalue weighted by Crippen LogP contribution is 2.43. The highest BCUT2D eigenvalue weighted by molar-refractivity contribution is 7.58. The van der Waals surface area contributed by atoms with Crippen LogP contribution in [-0.4, -0.2) is 31.1 Å². The van der Waals surface area contributed by atoms with Crippen LogP contribution in [0.3, 0.4) is 0 Å². The monoisotopic (exact) mass is 456 g/mol. The average Bonchev–Trinajstić information content (AvgIpc) is 3.28. The lowest BCUT2D eigenvalue weighted by Gasteiger charge is -2.12. The molecule has 1 aromatic heterocycles. The van der Waals surface area contributed by atoms with E-state index in [4.69, 9.17) is 10.3 Å². The molecule has 3 rings (SSSR count). The van der Waals surface area contributed by atoms with Crippen molar-refractivity contribution in [2.45, 2.75) is 13.3 Å². The van der Waals surface area contributed by atoms with Crippen molar-refractivity contribution in [1.29, 1.82) is 0 Å². The fourth-order valence-electron chi connectivity index (χ4n) is 3.05. The predicted molar refractivity (Wildman–Crippen MR) is 128 cm³/mol. The van der Waals surface area contributed by atoms with Crippen LogP contribution in [0.25, 0.3) is 10.4 Å². The largest absolute Gasteiger partial charge is 0.397 e. The number of carbonyl (C=O) groups excluding carboxylic acids is 2. The molecule has 31 heavy (non-hydrogen) atoms. The number of ketones is 1. The van der Waals surface area contributed by atoms with E-state index in [1.54, 1.807) is 48.6 Å². The molecule has 0 aliphatic heterocycles. The third-order valence-corrected chi connectivity index (χ3v) is 7.48. The van der Waals surface area contributed by atoms with Crippen molar-refractivity contribution in [2.24, 2.45) is 0 Å². The molecule has 0 bridgehead atoms. The standard InChI is InChI=1S/C23H25N2O4PS/c1-3-29-30(2,28)13-12-21(26)16-6-8-17(9-7-16)23(27)25-20-15-18(10-11-19(20)24)22-5-4-14-31-22/h4-11,14-15H,3,12-13,24H2,1-2H3,(H,25,27). The van der Waals surface area contributed by atoms with Crippen molar-refractivity contribution >= 4 is 41.8 Å². The fraction of sp³-hybridized carbons (Fsp3) is 0.217. The van der Waals surface area contributed by atoms with Crippen LogP contribution in [-0.2, 0) is 9.09 Å². The van der Waals surface area contributed by atoms with E-state index in [0.717, 1.165) is 10.4 Å². The first-order valence-corrected chi connectivity index (χ1v) is 13.0. The van der Waals surface area contributed by atoms with E-state index in [1.165, 1.54) is 6.66 Å². The van der Waals surface area contributed by atoms with E-state index in [0.29, 0.717) is 29.1 Å².